The Bertz CT molecular complexity index is 985. The second-order valence-electron chi connectivity index (χ2n) is 7.00. The van der Waals surface area contributed by atoms with Gasteiger partial charge in [-0.15, -0.1) is 0 Å². The molecule has 4 N–H and O–H groups in total. The average Bonchev–Trinajstić information content (AvgIpc) is 3.16. The molecule has 0 atom stereocenters. The van der Waals surface area contributed by atoms with E-state index in [0.29, 0.717) is 17.1 Å². The van der Waals surface area contributed by atoms with Crippen LogP contribution in [0.3, 0.4) is 0 Å². The molecule has 0 aliphatic carbocycles. The maximum absolute atomic E-state index is 12.4. The SMILES string of the molecule is C=C(C=Nc1[nH]cc(C(=O)C(C)(C)C)c1N)c1ccc2[nH]ncc2c1. The number of rotatable bonds is 4. The minimum Gasteiger partial charge on any atom is -0.395 e. The summed E-state index contributed by atoms with van der Waals surface area (Å²) in [6, 6.07) is 5.88. The summed E-state index contributed by atoms with van der Waals surface area (Å²) >= 11 is 0. The number of hydrogen-bond acceptors (Lipinski definition) is 4. The Labute approximate surface area is 145 Å². The molecular weight excluding hydrogens is 314 g/mol. The summed E-state index contributed by atoms with van der Waals surface area (Å²) in [7, 11) is 0. The van der Waals surface area contributed by atoms with E-state index in [1.165, 1.54) is 0 Å². The topological polar surface area (TPSA) is 99.9 Å². The number of carbonyl (C=O) groups is 1. The van der Waals surface area contributed by atoms with Crippen LogP contribution in [0.5, 0.6) is 0 Å². The number of fused-ring (bicyclic) bond motifs is 1. The summed E-state index contributed by atoms with van der Waals surface area (Å²) in [5.74, 6) is 0.435. The van der Waals surface area contributed by atoms with E-state index >= 15 is 0 Å². The lowest BCUT2D eigenvalue weighted by molar-refractivity contribution is 0.0859. The molecule has 0 fully saturated rings. The van der Waals surface area contributed by atoms with Crippen molar-refractivity contribution in [2.45, 2.75) is 20.8 Å². The van der Waals surface area contributed by atoms with Gasteiger partial charge < -0.3 is 10.7 Å². The molecule has 3 aromatic rings. The van der Waals surface area contributed by atoms with Crippen LogP contribution in [0.4, 0.5) is 11.5 Å². The molecule has 0 saturated carbocycles. The zero-order valence-corrected chi connectivity index (χ0v) is 14.6. The Morgan fingerprint density at radius 2 is 2.12 bits per heavy atom. The summed E-state index contributed by atoms with van der Waals surface area (Å²) < 4.78 is 0. The number of Topliss-reactive ketones (excluding diaryl/α,β-unsaturated/α-hetero) is 1. The molecule has 0 aliphatic heterocycles. The van der Waals surface area contributed by atoms with Crippen molar-refractivity contribution in [2.75, 3.05) is 5.73 Å². The number of nitrogens with zero attached hydrogens (tertiary/aromatic N) is 2. The van der Waals surface area contributed by atoms with Crippen LogP contribution in [-0.4, -0.2) is 27.2 Å². The van der Waals surface area contributed by atoms with Crippen LogP contribution >= 0.6 is 0 Å². The number of benzene rings is 1. The first-order chi connectivity index (χ1) is 11.8. The Morgan fingerprint density at radius 3 is 2.84 bits per heavy atom. The zero-order valence-electron chi connectivity index (χ0n) is 14.6. The number of H-pyrrole nitrogens is 2. The fourth-order valence-electron chi connectivity index (χ4n) is 2.48. The van der Waals surface area contributed by atoms with Crippen molar-refractivity contribution >= 4 is 40.0 Å². The van der Waals surface area contributed by atoms with Crippen LogP contribution in [0.1, 0.15) is 36.7 Å². The van der Waals surface area contributed by atoms with Crippen molar-refractivity contribution in [1.29, 1.82) is 0 Å². The second-order valence-corrected chi connectivity index (χ2v) is 7.00. The maximum Gasteiger partial charge on any atom is 0.171 e. The highest BCUT2D eigenvalue weighted by atomic mass is 16.1. The highest BCUT2D eigenvalue weighted by Gasteiger charge is 2.26. The van der Waals surface area contributed by atoms with Gasteiger partial charge in [-0.05, 0) is 23.3 Å². The molecule has 2 aromatic heterocycles. The third-order valence-corrected chi connectivity index (χ3v) is 3.98. The Hall–Kier alpha value is -3.15. The number of aliphatic imine (C=N–C) groups is 1. The number of nitrogens with two attached hydrogens (primary N) is 1. The molecule has 0 unspecified atom stereocenters. The van der Waals surface area contributed by atoms with Crippen molar-refractivity contribution in [3.63, 3.8) is 0 Å². The number of allylic oxidation sites excluding steroid dienone is 1. The molecule has 0 amide bonds. The number of nitrogens with one attached hydrogen (secondary N) is 2. The van der Waals surface area contributed by atoms with E-state index < -0.39 is 5.41 Å². The molecule has 0 spiro atoms. The Balaban J connectivity index is 1.83. The highest BCUT2D eigenvalue weighted by Crippen LogP contribution is 2.30. The number of aromatic nitrogens is 3. The fraction of sp³-hybridized carbons (Fsp3) is 0.211. The van der Waals surface area contributed by atoms with Crippen LogP contribution in [0.25, 0.3) is 16.5 Å². The van der Waals surface area contributed by atoms with Crippen LogP contribution in [0.2, 0.25) is 0 Å². The third kappa shape index (κ3) is 3.24. The predicted molar refractivity (Wildman–Crippen MR) is 102 cm³/mol. The third-order valence-electron chi connectivity index (χ3n) is 3.98. The standard InChI is InChI=1S/C19H21N5O/c1-11(12-5-6-15-13(7-12)9-23-24-15)8-21-18-16(20)14(10-22-18)17(25)19(2,3)4/h5-10,22H,1,20H2,2-4H3,(H,23,24). The van der Waals surface area contributed by atoms with Gasteiger partial charge in [0.15, 0.2) is 11.6 Å². The zero-order chi connectivity index (χ0) is 18.2. The van der Waals surface area contributed by atoms with Gasteiger partial charge in [-0.3, -0.25) is 9.89 Å². The van der Waals surface area contributed by atoms with E-state index in [-0.39, 0.29) is 5.78 Å². The summed E-state index contributed by atoms with van der Waals surface area (Å²) in [4.78, 5) is 19.7. The van der Waals surface area contributed by atoms with Crippen LogP contribution in [0.15, 0.2) is 42.2 Å². The molecule has 2 heterocycles. The monoisotopic (exact) mass is 335 g/mol. The maximum atomic E-state index is 12.4. The Morgan fingerprint density at radius 1 is 1.36 bits per heavy atom. The van der Waals surface area contributed by atoms with Gasteiger partial charge in [0.05, 0.1) is 23.0 Å². The van der Waals surface area contributed by atoms with E-state index in [2.05, 4.69) is 26.8 Å². The van der Waals surface area contributed by atoms with Crippen molar-refractivity contribution in [2.24, 2.45) is 10.4 Å². The van der Waals surface area contributed by atoms with Gasteiger partial charge in [0.2, 0.25) is 0 Å². The fourth-order valence-corrected chi connectivity index (χ4v) is 2.48. The number of hydrogen-bond donors (Lipinski definition) is 3. The molecule has 6 heteroatoms. The molecule has 0 bridgehead atoms. The number of ketones is 1. The molecule has 0 aliphatic rings. The lowest BCUT2D eigenvalue weighted by Gasteiger charge is -2.15. The van der Waals surface area contributed by atoms with Crippen molar-refractivity contribution < 1.29 is 4.79 Å². The number of carbonyl (C=O) groups excluding carboxylic acids is 1. The van der Waals surface area contributed by atoms with Crippen molar-refractivity contribution in [1.82, 2.24) is 15.2 Å². The summed E-state index contributed by atoms with van der Waals surface area (Å²) in [5.41, 5.74) is 9.04. The average molecular weight is 335 g/mol. The summed E-state index contributed by atoms with van der Waals surface area (Å²) in [6.45, 7) is 9.62. The molecule has 128 valence electrons. The van der Waals surface area contributed by atoms with Crippen molar-refractivity contribution in [3.8, 4) is 0 Å². The van der Waals surface area contributed by atoms with Gasteiger partial charge in [0, 0.05) is 23.2 Å². The van der Waals surface area contributed by atoms with E-state index in [0.717, 1.165) is 22.0 Å². The molecule has 1 aromatic carbocycles. The van der Waals surface area contributed by atoms with Crippen LogP contribution in [-0.2, 0) is 0 Å². The van der Waals surface area contributed by atoms with E-state index in [1.807, 2.05) is 39.0 Å². The van der Waals surface area contributed by atoms with Gasteiger partial charge in [0.1, 0.15) is 0 Å². The first kappa shape index (κ1) is 16.7. The molecule has 0 saturated heterocycles. The highest BCUT2D eigenvalue weighted by molar-refractivity contribution is 6.11. The normalized spacial score (nSPS) is 12.1. The largest absolute Gasteiger partial charge is 0.395 e. The van der Waals surface area contributed by atoms with Gasteiger partial charge in [-0.25, -0.2) is 4.99 Å². The minimum atomic E-state index is -0.499. The minimum absolute atomic E-state index is 0.0214. The van der Waals surface area contributed by atoms with Gasteiger partial charge in [-0.2, -0.15) is 5.10 Å². The van der Waals surface area contributed by atoms with Gasteiger partial charge >= 0.3 is 0 Å². The van der Waals surface area contributed by atoms with Gasteiger partial charge in [0.25, 0.3) is 0 Å². The van der Waals surface area contributed by atoms with Gasteiger partial charge in [-0.1, -0.05) is 33.4 Å². The number of anilines is 1. The number of aromatic amines is 2. The summed E-state index contributed by atoms with van der Waals surface area (Å²) in [5, 5.41) is 7.92. The molecule has 3 rings (SSSR count). The van der Waals surface area contributed by atoms with E-state index in [4.69, 9.17) is 5.73 Å². The smallest absolute Gasteiger partial charge is 0.171 e. The molecular formula is C19H21N5O. The first-order valence-electron chi connectivity index (χ1n) is 7.95. The predicted octanol–water partition coefficient (Wildman–Crippen LogP) is 4.12. The lowest BCUT2D eigenvalue weighted by atomic mass is 9.87. The second kappa shape index (κ2) is 6.05. The van der Waals surface area contributed by atoms with Crippen molar-refractivity contribution in [3.05, 3.63) is 48.3 Å². The quantitative estimate of drug-likeness (QED) is 0.494. The molecule has 6 nitrogen and oxygen atoms in total. The van der Waals surface area contributed by atoms with Crippen LogP contribution < -0.4 is 5.73 Å². The van der Waals surface area contributed by atoms with E-state index in [9.17, 15) is 4.79 Å². The lowest BCUT2D eigenvalue weighted by Crippen LogP contribution is -2.20. The molecule has 0 radical (unpaired) electrons. The van der Waals surface area contributed by atoms with E-state index in [1.54, 1.807) is 18.6 Å². The Kier molecular flexibility index (Phi) is 4.04. The molecule has 25 heavy (non-hydrogen) atoms. The number of nitrogen functional groups attached to an aromatic ring is 1. The van der Waals surface area contributed by atoms with Crippen LogP contribution in [0, 0.1) is 5.41 Å². The first-order valence-corrected chi connectivity index (χ1v) is 7.95. The summed E-state index contributed by atoms with van der Waals surface area (Å²) in [6.07, 6.45) is 5.00.